The fourth-order valence-electron chi connectivity index (χ4n) is 2.06. The van der Waals surface area contributed by atoms with Gasteiger partial charge in [-0.15, -0.1) is 0 Å². The van der Waals surface area contributed by atoms with Crippen LogP contribution >= 0.6 is 11.6 Å². The average Bonchev–Trinajstić information content (AvgIpc) is 2.39. The van der Waals surface area contributed by atoms with Crippen molar-refractivity contribution in [2.75, 3.05) is 20.1 Å². The van der Waals surface area contributed by atoms with Crippen molar-refractivity contribution in [3.05, 3.63) is 29.0 Å². The number of rotatable bonds is 2. The number of pyridine rings is 1. The maximum absolute atomic E-state index is 10.4. The van der Waals surface area contributed by atoms with Crippen molar-refractivity contribution in [1.82, 2.24) is 9.88 Å². The smallest absolute Gasteiger partial charge is 0.0727 e. The maximum Gasteiger partial charge on any atom is 0.0727 e. The molecule has 1 N–H and O–H groups in total. The third kappa shape index (κ3) is 4.56. The van der Waals surface area contributed by atoms with E-state index in [1.165, 1.54) is 0 Å². The van der Waals surface area contributed by atoms with Crippen molar-refractivity contribution < 1.29 is 5.11 Å². The van der Waals surface area contributed by atoms with Crippen molar-refractivity contribution >= 4 is 11.6 Å². The molecule has 0 amide bonds. The summed E-state index contributed by atoms with van der Waals surface area (Å²) < 4.78 is 0. The average molecular weight is 271 g/mol. The zero-order valence-electron chi connectivity index (χ0n) is 11.5. The largest absolute Gasteiger partial charge is 0.389 e. The van der Waals surface area contributed by atoms with E-state index in [1.807, 2.05) is 26.0 Å². The quantitative estimate of drug-likeness (QED) is 0.898. The molecule has 1 aromatic rings. The van der Waals surface area contributed by atoms with E-state index in [9.17, 15) is 5.11 Å². The van der Waals surface area contributed by atoms with Crippen molar-refractivity contribution in [3.63, 3.8) is 0 Å². The van der Waals surface area contributed by atoms with Gasteiger partial charge in [0.2, 0.25) is 0 Å². The second-order valence-electron chi connectivity index (χ2n) is 4.67. The molecule has 2 rings (SSSR count). The van der Waals surface area contributed by atoms with E-state index in [1.54, 1.807) is 6.20 Å². The van der Waals surface area contributed by atoms with Crippen LogP contribution in [-0.4, -0.2) is 40.7 Å². The minimum absolute atomic E-state index is 0.590. The Labute approximate surface area is 115 Å². The molecule has 1 aromatic heterocycles. The predicted molar refractivity (Wildman–Crippen MR) is 76.0 cm³/mol. The van der Waals surface area contributed by atoms with Gasteiger partial charge >= 0.3 is 0 Å². The highest BCUT2D eigenvalue weighted by Gasteiger charge is 2.31. The summed E-state index contributed by atoms with van der Waals surface area (Å²) in [6.07, 6.45) is 3.88. The summed E-state index contributed by atoms with van der Waals surface area (Å²) in [6.45, 7) is 5.90. The molecule has 0 aliphatic carbocycles. The second kappa shape index (κ2) is 7.07. The number of aromatic nitrogens is 1. The van der Waals surface area contributed by atoms with Crippen LogP contribution in [0.2, 0.25) is 5.02 Å². The van der Waals surface area contributed by atoms with Gasteiger partial charge < -0.3 is 10.0 Å². The van der Waals surface area contributed by atoms with E-state index in [0.29, 0.717) is 11.4 Å². The molecule has 4 heteroatoms. The summed E-state index contributed by atoms with van der Waals surface area (Å²) in [6, 6.07) is 3.71. The van der Waals surface area contributed by atoms with Crippen LogP contribution in [0, 0.1) is 0 Å². The van der Waals surface area contributed by atoms with Gasteiger partial charge in [-0.3, -0.25) is 4.98 Å². The highest BCUT2D eigenvalue weighted by atomic mass is 35.5. The van der Waals surface area contributed by atoms with Crippen LogP contribution < -0.4 is 0 Å². The zero-order valence-corrected chi connectivity index (χ0v) is 12.2. The molecule has 1 fully saturated rings. The second-order valence-corrected chi connectivity index (χ2v) is 5.11. The van der Waals surface area contributed by atoms with Gasteiger partial charge in [-0.2, -0.15) is 0 Å². The molecular formula is C14H23ClN2O. The lowest BCUT2D eigenvalue weighted by Crippen LogP contribution is -2.44. The van der Waals surface area contributed by atoms with Crippen molar-refractivity contribution in [3.8, 4) is 0 Å². The minimum atomic E-state index is -0.590. The molecule has 0 spiro atoms. The highest BCUT2D eigenvalue weighted by molar-refractivity contribution is 6.30. The molecule has 0 aromatic carbocycles. The van der Waals surface area contributed by atoms with Crippen LogP contribution in [0.1, 0.15) is 32.4 Å². The zero-order chi connectivity index (χ0) is 13.6. The Hall–Kier alpha value is -0.640. The molecule has 0 unspecified atom stereocenters. The Balaban J connectivity index is 0.000000771. The number of likely N-dealkylation sites (tertiary alicyclic amines) is 1. The van der Waals surface area contributed by atoms with Crippen LogP contribution in [0.3, 0.4) is 0 Å². The molecule has 18 heavy (non-hydrogen) atoms. The van der Waals surface area contributed by atoms with E-state index in [0.717, 1.165) is 31.6 Å². The van der Waals surface area contributed by atoms with Gasteiger partial charge in [0.15, 0.2) is 0 Å². The van der Waals surface area contributed by atoms with Gasteiger partial charge in [0.05, 0.1) is 10.6 Å². The van der Waals surface area contributed by atoms with Crippen LogP contribution in [-0.2, 0) is 6.42 Å². The van der Waals surface area contributed by atoms with Gasteiger partial charge in [0.1, 0.15) is 0 Å². The van der Waals surface area contributed by atoms with Gasteiger partial charge in [-0.25, -0.2) is 0 Å². The first-order valence-corrected chi connectivity index (χ1v) is 6.97. The predicted octanol–water partition coefficient (Wildman–Crippen LogP) is 2.76. The molecule has 3 nitrogen and oxygen atoms in total. The van der Waals surface area contributed by atoms with E-state index in [-0.39, 0.29) is 0 Å². The SMILES string of the molecule is CC.CN1CCC(O)(Cc2ccc(Cl)cn2)CC1. The molecule has 0 radical (unpaired) electrons. The molecule has 1 aliphatic heterocycles. The molecule has 2 heterocycles. The maximum atomic E-state index is 10.4. The first-order chi connectivity index (χ1) is 8.57. The molecule has 102 valence electrons. The Bertz CT molecular complexity index is 345. The molecule has 0 bridgehead atoms. The third-order valence-corrected chi connectivity index (χ3v) is 3.44. The molecule has 0 atom stereocenters. The number of piperidine rings is 1. The van der Waals surface area contributed by atoms with Crippen LogP contribution in [0.5, 0.6) is 0 Å². The number of hydrogen-bond acceptors (Lipinski definition) is 3. The summed E-state index contributed by atoms with van der Waals surface area (Å²) >= 11 is 5.78. The minimum Gasteiger partial charge on any atom is -0.389 e. The summed E-state index contributed by atoms with van der Waals surface area (Å²) in [5, 5.41) is 11.1. The number of halogens is 1. The van der Waals surface area contributed by atoms with Crippen molar-refractivity contribution in [2.24, 2.45) is 0 Å². The van der Waals surface area contributed by atoms with Gasteiger partial charge in [-0.05, 0) is 32.0 Å². The highest BCUT2D eigenvalue weighted by Crippen LogP contribution is 2.25. The van der Waals surface area contributed by atoms with Crippen LogP contribution in [0.25, 0.3) is 0 Å². The van der Waals surface area contributed by atoms with E-state index >= 15 is 0 Å². The Kier molecular flexibility index (Phi) is 6.06. The summed E-state index contributed by atoms with van der Waals surface area (Å²) in [5.74, 6) is 0. The topological polar surface area (TPSA) is 36.4 Å². The number of aliphatic hydroxyl groups is 1. The fraction of sp³-hybridized carbons (Fsp3) is 0.643. The fourth-order valence-corrected chi connectivity index (χ4v) is 2.17. The first kappa shape index (κ1) is 15.4. The van der Waals surface area contributed by atoms with Crippen LogP contribution in [0.4, 0.5) is 0 Å². The van der Waals surface area contributed by atoms with Crippen molar-refractivity contribution in [2.45, 2.75) is 38.7 Å². The summed E-state index contributed by atoms with van der Waals surface area (Å²) in [5.41, 5.74) is 0.323. The lowest BCUT2D eigenvalue weighted by atomic mass is 9.87. The van der Waals surface area contributed by atoms with E-state index < -0.39 is 5.60 Å². The Morgan fingerprint density at radius 3 is 2.44 bits per heavy atom. The molecular weight excluding hydrogens is 248 g/mol. The number of nitrogens with zero attached hydrogens (tertiary/aromatic N) is 2. The third-order valence-electron chi connectivity index (χ3n) is 3.22. The van der Waals surface area contributed by atoms with Crippen molar-refractivity contribution in [1.29, 1.82) is 0 Å². The normalized spacial score (nSPS) is 18.9. The van der Waals surface area contributed by atoms with Gasteiger partial charge in [0.25, 0.3) is 0 Å². The lowest BCUT2D eigenvalue weighted by Gasteiger charge is -2.36. The summed E-state index contributed by atoms with van der Waals surface area (Å²) in [7, 11) is 2.08. The van der Waals surface area contributed by atoms with Gasteiger partial charge in [0, 0.05) is 31.4 Å². The number of hydrogen-bond donors (Lipinski definition) is 1. The van der Waals surface area contributed by atoms with Gasteiger partial charge in [-0.1, -0.05) is 25.4 Å². The molecule has 0 saturated carbocycles. The molecule has 1 aliphatic rings. The van der Waals surface area contributed by atoms with E-state index in [4.69, 9.17) is 11.6 Å². The standard InChI is InChI=1S/C12H17ClN2O.C2H6/c1-15-6-4-12(16,5-7-15)8-11-3-2-10(13)9-14-11;1-2/h2-3,9,16H,4-8H2,1H3;1-2H3. The lowest BCUT2D eigenvalue weighted by molar-refractivity contribution is -0.0157. The Morgan fingerprint density at radius 1 is 1.33 bits per heavy atom. The van der Waals surface area contributed by atoms with E-state index in [2.05, 4.69) is 16.9 Å². The first-order valence-electron chi connectivity index (χ1n) is 6.59. The monoisotopic (exact) mass is 270 g/mol. The summed E-state index contributed by atoms with van der Waals surface area (Å²) in [4.78, 5) is 6.47. The molecule has 1 saturated heterocycles. The van der Waals surface area contributed by atoms with Crippen LogP contribution in [0.15, 0.2) is 18.3 Å². The Morgan fingerprint density at radius 2 is 1.94 bits per heavy atom.